The SMILES string of the molecule is COCCC1COCCN1C(=O)c1coc2c(C)cccc12. The highest BCUT2D eigenvalue weighted by Gasteiger charge is 2.29. The fourth-order valence-corrected chi connectivity index (χ4v) is 2.94. The molecule has 1 aliphatic heterocycles. The number of aryl methyl sites for hydroxylation is 1. The molecule has 0 bridgehead atoms. The zero-order chi connectivity index (χ0) is 15.5. The van der Waals surface area contributed by atoms with Gasteiger partial charge in [0.25, 0.3) is 5.91 Å². The average Bonchev–Trinajstić information content (AvgIpc) is 2.98. The van der Waals surface area contributed by atoms with Crippen molar-refractivity contribution in [2.75, 3.05) is 33.5 Å². The Morgan fingerprint density at radius 2 is 2.32 bits per heavy atom. The van der Waals surface area contributed by atoms with Crippen molar-refractivity contribution in [3.8, 4) is 0 Å². The number of nitrogens with zero attached hydrogens (tertiary/aromatic N) is 1. The van der Waals surface area contributed by atoms with Crippen LogP contribution in [0.4, 0.5) is 0 Å². The minimum Gasteiger partial charge on any atom is -0.463 e. The predicted molar refractivity (Wildman–Crippen MR) is 83.1 cm³/mol. The van der Waals surface area contributed by atoms with Crippen molar-refractivity contribution in [1.29, 1.82) is 0 Å². The third-order valence-corrected chi connectivity index (χ3v) is 4.17. The predicted octanol–water partition coefficient (Wildman–Crippen LogP) is 2.62. The van der Waals surface area contributed by atoms with Crippen molar-refractivity contribution in [3.63, 3.8) is 0 Å². The zero-order valence-corrected chi connectivity index (χ0v) is 13.0. The van der Waals surface area contributed by atoms with E-state index in [0.29, 0.717) is 31.9 Å². The van der Waals surface area contributed by atoms with Crippen LogP contribution in [0.5, 0.6) is 0 Å². The summed E-state index contributed by atoms with van der Waals surface area (Å²) in [7, 11) is 1.67. The summed E-state index contributed by atoms with van der Waals surface area (Å²) in [5.74, 6) is 0.00810. The summed E-state index contributed by atoms with van der Waals surface area (Å²) in [6.07, 6.45) is 2.35. The van der Waals surface area contributed by atoms with E-state index in [2.05, 4.69) is 0 Å². The Morgan fingerprint density at radius 3 is 3.14 bits per heavy atom. The Labute approximate surface area is 129 Å². The molecule has 0 saturated carbocycles. The molecule has 0 N–H and O–H groups in total. The van der Waals surface area contributed by atoms with Gasteiger partial charge in [-0.3, -0.25) is 4.79 Å². The Morgan fingerprint density at radius 1 is 1.45 bits per heavy atom. The fourth-order valence-electron chi connectivity index (χ4n) is 2.94. The molecule has 1 aliphatic rings. The smallest absolute Gasteiger partial charge is 0.258 e. The molecule has 1 saturated heterocycles. The molecule has 0 radical (unpaired) electrons. The summed E-state index contributed by atoms with van der Waals surface area (Å²) in [6.45, 7) is 4.33. The summed E-state index contributed by atoms with van der Waals surface area (Å²) < 4.78 is 16.3. The first-order chi connectivity index (χ1) is 10.7. The van der Waals surface area contributed by atoms with Gasteiger partial charge in [-0.1, -0.05) is 18.2 Å². The van der Waals surface area contributed by atoms with E-state index in [1.807, 2.05) is 30.0 Å². The Kier molecular flexibility index (Phi) is 4.45. The first-order valence-electron chi connectivity index (χ1n) is 7.57. The van der Waals surface area contributed by atoms with E-state index in [0.717, 1.165) is 23.0 Å². The van der Waals surface area contributed by atoms with Crippen LogP contribution in [0.2, 0.25) is 0 Å². The maximum Gasteiger partial charge on any atom is 0.258 e. The van der Waals surface area contributed by atoms with Crippen LogP contribution >= 0.6 is 0 Å². The number of morpholine rings is 1. The molecule has 5 heteroatoms. The van der Waals surface area contributed by atoms with E-state index in [1.54, 1.807) is 13.4 Å². The third-order valence-electron chi connectivity index (χ3n) is 4.17. The van der Waals surface area contributed by atoms with Crippen LogP contribution in [0.3, 0.4) is 0 Å². The van der Waals surface area contributed by atoms with Gasteiger partial charge in [0.05, 0.1) is 24.8 Å². The largest absolute Gasteiger partial charge is 0.463 e. The van der Waals surface area contributed by atoms with Crippen molar-refractivity contribution in [2.24, 2.45) is 0 Å². The fraction of sp³-hybridized carbons (Fsp3) is 0.471. The van der Waals surface area contributed by atoms with Gasteiger partial charge in [-0.2, -0.15) is 0 Å². The highest BCUT2D eigenvalue weighted by Crippen LogP contribution is 2.26. The van der Waals surface area contributed by atoms with Crippen LogP contribution in [0.25, 0.3) is 11.0 Å². The number of carbonyl (C=O) groups excluding carboxylic acids is 1. The van der Waals surface area contributed by atoms with E-state index in [4.69, 9.17) is 13.9 Å². The average molecular weight is 303 g/mol. The molecule has 22 heavy (non-hydrogen) atoms. The topological polar surface area (TPSA) is 51.9 Å². The van der Waals surface area contributed by atoms with Gasteiger partial charge in [-0.05, 0) is 18.9 Å². The molecule has 1 aromatic carbocycles. The molecule has 118 valence electrons. The lowest BCUT2D eigenvalue weighted by Crippen LogP contribution is -2.49. The first-order valence-corrected chi connectivity index (χ1v) is 7.57. The second kappa shape index (κ2) is 6.50. The first kappa shape index (κ1) is 15.1. The molecule has 1 atom stereocenters. The minimum absolute atomic E-state index is 0.00810. The number of rotatable bonds is 4. The van der Waals surface area contributed by atoms with Crippen molar-refractivity contribution < 1.29 is 18.7 Å². The van der Waals surface area contributed by atoms with Crippen molar-refractivity contribution in [1.82, 2.24) is 4.90 Å². The van der Waals surface area contributed by atoms with Gasteiger partial charge in [0, 0.05) is 25.6 Å². The van der Waals surface area contributed by atoms with Crippen molar-refractivity contribution in [3.05, 3.63) is 35.6 Å². The third kappa shape index (κ3) is 2.74. The summed E-state index contributed by atoms with van der Waals surface area (Å²) >= 11 is 0. The maximum absolute atomic E-state index is 12.9. The highest BCUT2D eigenvalue weighted by molar-refractivity contribution is 6.06. The molecule has 3 rings (SSSR count). The van der Waals surface area contributed by atoms with Crippen LogP contribution in [-0.4, -0.2) is 50.3 Å². The Bertz CT molecular complexity index is 664. The molecule has 2 heterocycles. The Balaban J connectivity index is 1.88. The van der Waals surface area contributed by atoms with E-state index in [9.17, 15) is 4.79 Å². The normalized spacial score (nSPS) is 18.8. The molecule has 0 aliphatic carbocycles. The summed E-state index contributed by atoms with van der Waals surface area (Å²) in [4.78, 5) is 14.8. The quantitative estimate of drug-likeness (QED) is 0.871. The van der Waals surface area contributed by atoms with Gasteiger partial charge in [-0.15, -0.1) is 0 Å². The van der Waals surface area contributed by atoms with Gasteiger partial charge < -0.3 is 18.8 Å². The lowest BCUT2D eigenvalue weighted by molar-refractivity contribution is -0.0103. The molecule has 1 fully saturated rings. The molecular formula is C17H21NO4. The van der Waals surface area contributed by atoms with Crippen LogP contribution in [0.1, 0.15) is 22.3 Å². The van der Waals surface area contributed by atoms with Crippen molar-refractivity contribution >= 4 is 16.9 Å². The zero-order valence-electron chi connectivity index (χ0n) is 13.0. The monoisotopic (exact) mass is 303 g/mol. The van der Waals surface area contributed by atoms with E-state index < -0.39 is 0 Å². The number of ether oxygens (including phenoxy) is 2. The number of furan rings is 1. The van der Waals surface area contributed by atoms with Gasteiger partial charge >= 0.3 is 0 Å². The molecular weight excluding hydrogens is 282 g/mol. The van der Waals surface area contributed by atoms with Crippen molar-refractivity contribution in [2.45, 2.75) is 19.4 Å². The second-order valence-electron chi connectivity index (χ2n) is 5.61. The molecule has 5 nitrogen and oxygen atoms in total. The molecule has 1 amide bonds. The lowest BCUT2D eigenvalue weighted by atomic mass is 10.1. The maximum atomic E-state index is 12.9. The van der Waals surface area contributed by atoms with E-state index >= 15 is 0 Å². The number of carbonyl (C=O) groups is 1. The number of amides is 1. The summed E-state index contributed by atoms with van der Waals surface area (Å²) in [6, 6.07) is 5.92. The minimum atomic E-state index is 0.00810. The van der Waals surface area contributed by atoms with Crippen LogP contribution in [0, 0.1) is 6.92 Å². The van der Waals surface area contributed by atoms with Gasteiger partial charge in [-0.25, -0.2) is 0 Å². The van der Waals surface area contributed by atoms with Crippen LogP contribution in [-0.2, 0) is 9.47 Å². The standard InChI is InChI=1S/C17H21NO4/c1-12-4-3-5-14-15(11-22-16(12)14)17(19)18-7-9-21-10-13(18)6-8-20-2/h3-5,11,13H,6-10H2,1-2H3. The van der Waals surface area contributed by atoms with Gasteiger partial charge in [0.2, 0.25) is 0 Å². The molecule has 0 spiro atoms. The number of hydrogen-bond acceptors (Lipinski definition) is 4. The number of hydrogen-bond donors (Lipinski definition) is 0. The summed E-state index contributed by atoms with van der Waals surface area (Å²) in [5, 5.41) is 0.877. The molecule has 1 unspecified atom stereocenters. The second-order valence-corrected chi connectivity index (χ2v) is 5.61. The number of para-hydroxylation sites is 1. The van der Waals surface area contributed by atoms with Gasteiger partial charge in [0.1, 0.15) is 11.8 Å². The number of benzene rings is 1. The summed E-state index contributed by atoms with van der Waals surface area (Å²) in [5.41, 5.74) is 2.45. The molecule has 1 aromatic heterocycles. The number of fused-ring (bicyclic) bond motifs is 1. The van der Waals surface area contributed by atoms with Gasteiger partial charge in [0.15, 0.2) is 0 Å². The highest BCUT2D eigenvalue weighted by atomic mass is 16.5. The lowest BCUT2D eigenvalue weighted by Gasteiger charge is -2.35. The van der Waals surface area contributed by atoms with E-state index in [1.165, 1.54) is 0 Å². The molecule has 2 aromatic rings. The number of methoxy groups -OCH3 is 1. The van der Waals surface area contributed by atoms with Crippen LogP contribution < -0.4 is 0 Å². The van der Waals surface area contributed by atoms with E-state index in [-0.39, 0.29) is 11.9 Å². The van der Waals surface area contributed by atoms with Crippen LogP contribution in [0.15, 0.2) is 28.9 Å². The Hall–Kier alpha value is -1.85.